The number of carbonyl (C=O) groups excluding carboxylic acids is 1. The summed E-state index contributed by atoms with van der Waals surface area (Å²) in [5.41, 5.74) is 0. The van der Waals surface area contributed by atoms with Crippen LogP contribution in [-0.4, -0.2) is 41.3 Å². The van der Waals surface area contributed by atoms with Crippen molar-refractivity contribution >= 4 is 21.8 Å². The van der Waals surface area contributed by atoms with Crippen molar-refractivity contribution in [2.45, 2.75) is 59.0 Å². The Hall–Kier alpha value is -0.0900. The molecule has 0 radical (unpaired) electrons. The average molecular weight is 307 g/mol. The predicted octanol–water partition coefficient (Wildman–Crippen LogP) is 2.79. The topological polar surface area (TPSA) is 32.3 Å². The number of carbonyl (C=O) groups is 1. The van der Waals surface area contributed by atoms with Gasteiger partial charge in [0.15, 0.2) is 0 Å². The second-order valence-electron chi connectivity index (χ2n) is 4.92. The van der Waals surface area contributed by atoms with Crippen molar-refractivity contribution in [2.75, 3.05) is 18.4 Å². The van der Waals surface area contributed by atoms with Gasteiger partial charge in [0, 0.05) is 36.9 Å². The van der Waals surface area contributed by atoms with Gasteiger partial charge in [0.2, 0.25) is 5.91 Å². The summed E-state index contributed by atoms with van der Waals surface area (Å²) in [6, 6.07) is 1.06. The molecule has 0 saturated carbocycles. The monoisotopic (exact) mass is 306 g/mol. The van der Waals surface area contributed by atoms with Crippen LogP contribution in [0, 0.1) is 0 Å². The molecular formula is C13H27BrN2O. The highest BCUT2D eigenvalue weighted by molar-refractivity contribution is 9.09. The number of rotatable bonds is 9. The molecule has 0 saturated heterocycles. The van der Waals surface area contributed by atoms with Gasteiger partial charge in [-0.05, 0) is 40.5 Å². The van der Waals surface area contributed by atoms with E-state index in [2.05, 4.69) is 53.8 Å². The summed E-state index contributed by atoms with van der Waals surface area (Å²) in [4.78, 5) is 13.9. The third kappa shape index (κ3) is 8.61. The minimum atomic E-state index is 0.179. The molecule has 102 valence electrons. The first-order valence-corrected chi connectivity index (χ1v) is 7.69. The van der Waals surface area contributed by atoms with Gasteiger partial charge in [0.05, 0.1) is 0 Å². The Bertz CT molecular complexity index is 200. The Kier molecular flexibility index (Phi) is 9.84. The van der Waals surface area contributed by atoms with Crippen LogP contribution in [0.4, 0.5) is 0 Å². The van der Waals surface area contributed by atoms with E-state index in [1.807, 2.05) is 0 Å². The maximum absolute atomic E-state index is 11.5. The van der Waals surface area contributed by atoms with Gasteiger partial charge >= 0.3 is 0 Å². The van der Waals surface area contributed by atoms with E-state index in [0.29, 0.717) is 18.5 Å². The molecule has 0 bridgehead atoms. The molecule has 3 nitrogen and oxygen atoms in total. The summed E-state index contributed by atoms with van der Waals surface area (Å²) < 4.78 is 0. The fraction of sp³-hybridized carbons (Fsp3) is 0.923. The lowest BCUT2D eigenvalue weighted by molar-refractivity contribution is -0.121. The number of amides is 1. The maximum Gasteiger partial charge on any atom is 0.220 e. The first-order valence-electron chi connectivity index (χ1n) is 6.57. The van der Waals surface area contributed by atoms with Crippen molar-refractivity contribution in [2.24, 2.45) is 0 Å². The van der Waals surface area contributed by atoms with Crippen LogP contribution >= 0.6 is 15.9 Å². The summed E-state index contributed by atoms with van der Waals surface area (Å²) in [5.74, 6) is 0.179. The molecule has 0 aliphatic heterocycles. The molecular weight excluding hydrogens is 280 g/mol. The molecule has 4 heteroatoms. The summed E-state index contributed by atoms with van der Waals surface area (Å²) >= 11 is 3.36. The molecule has 0 fully saturated rings. The third-order valence-corrected chi connectivity index (χ3v) is 3.37. The number of halogens is 1. The van der Waals surface area contributed by atoms with Crippen LogP contribution in [0.25, 0.3) is 0 Å². The Morgan fingerprint density at radius 1 is 1.18 bits per heavy atom. The van der Waals surface area contributed by atoms with Crippen molar-refractivity contribution in [3.8, 4) is 0 Å². The van der Waals surface area contributed by atoms with Crippen molar-refractivity contribution in [3.63, 3.8) is 0 Å². The van der Waals surface area contributed by atoms with Crippen LogP contribution in [0.1, 0.15) is 47.0 Å². The first kappa shape index (κ1) is 16.9. The highest BCUT2D eigenvalue weighted by Crippen LogP contribution is 2.03. The summed E-state index contributed by atoms with van der Waals surface area (Å²) in [6.45, 7) is 10.5. The van der Waals surface area contributed by atoms with Crippen LogP contribution in [0.3, 0.4) is 0 Å². The molecule has 0 aromatic heterocycles. The summed E-state index contributed by atoms with van der Waals surface area (Å²) in [6.07, 6.45) is 2.68. The number of unbranched alkanes of at least 4 members (excludes halogenated alkanes) is 1. The lowest BCUT2D eigenvalue weighted by Crippen LogP contribution is -2.42. The smallest absolute Gasteiger partial charge is 0.220 e. The molecule has 0 rings (SSSR count). The highest BCUT2D eigenvalue weighted by Gasteiger charge is 2.12. The number of alkyl halides is 1. The Morgan fingerprint density at radius 3 is 2.24 bits per heavy atom. The van der Waals surface area contributed by atoms with Gasteiger partial charge in [0.25, 0.3) is 0 Å². The van der Waals surface area contributed by atoms with Crippen LogP contribution in [0.15, 0.2) is 0 Å². The van der Waals surface area contributed by atoms with E-state index in [1.165, 1.54) is 0 Å². The Balaban J connectivity index is 3.70. The minimum Gasteiger partial charge on any atom is -0.355 e. The highest BCUT2D eigenvalue weighted by atomic mass is 79.9. The van der Waals surface area contributed by atoms with Gasteiger partial charge in [-0.3, -0.25) is 9.69 Å². The molecule has 1 amide bonds. The SMILES string of the molecule is CC(C)N(CCNC(=O)CCCCBr)C(C)C. The standard InChI is InChI=1S/C13H27BrN2O/c1-11(2)16(12(3)4)10-9-15-13(17)7-5-6-8-14/h11-12H,5-10H2,1-4H3,(H,15,17). The molecule has 0 unspecified atom stereocenters. The van der Waals surface area contributed by atoms with Crippen LogP contribution in [-0.2, 0) is 4.79 Å². The number of nitrogens with one attached hydrogen (secondary N) is 1. The summed E-state index contributed by atoms with van der Waals surface area (Å²) in [7, 11) is 0. The second kappa shape index (κ2) is 9.89. The van der Waals surface area contributed by atoms with Gasteiger partial charge in [-0.15, -0.1) is 0 Å². The average Bonchev–Trinajstić information content (AvgIpc) is 2.23. The minimum absolute atomic E-state index is 0.179. The molecule has 0 aromatic rings. The zero-order valence-electron chi connectivity index (χ0n) is 11.6. The predicted molar refractivity (Wildman–Crippen MR) is 77.6 cm³/mol. The van der Waals surface area contributed by atoms with Gasteiger partial charge in [0.1, 0.15) is 0 Å². The lowest BCUT2D eigenvalue weighted by Gasteiger charge is -2.30. The molecule has 0 atom stereocenters. The van der Waals surface area contributed by atoms with E-state index in [9.17, 15) is 4.79 Å². The van der Waals surface area contributed by atoms with Crippen molar-refractivity contribution in [1.82, 2.24) is 10.2 Å². The molecule has 0 aliphatic carbocycles. The van der Waals surface area contributed by atoms with Gasteiger partial charge in [-0.25, -0.2) is 0 Å². The molecule has 1 N–H and O–H groups in total. The maximum atomic E-state index is 11.5. The zero-order chi connectivity index (χ0) is 13.3. The van der Waals surface area contributed by atoms with Gasteiger partial charge in [-0.1, -0.05) is 15.9 Å². The van der Waals surface area contributed by atoms with Crippen molar-refractivity contribution in [3.05, 3.63) is 0 Å². The summed E-state index contributed by atoms with van der Waals surface area (Å²) in [5, 5.41) is 3.97. The second-order valence-corrected chi connectivity index (χ2v) is 5.71. The van der Waals surface area contributed by atoms with Crippen molar-refractivity contribution in [1.29, 1.82) is 0 Å². The van der Waals surface area contributed by atoms with Crippen LogP contribution in [0.2, 0.25) is 0 Å². The normalized spacial score (nSPS) is 11.5. The molecule has 0 spiro atoms. The largest absolute Gasteiger partial charge is 0.355 e. The lowest BCUT2D eigenvalue weighted by atomic mass is 10.2. The van der Waals surface area contributed by atoms with E-state index in [-0.39, 0.29) is 5.91 Å². The Morgan fingerprint density at radius 2 is 1.76 bits per heavy atom. The third-order valence-electron chi connectivity index (χ3n) is 2.81. The molecule has 0 heterocycles. The van der Waals surface area contributed by atoms with E-state index in [0.717, 1.165) is 31.3 Å². The van der Waals surface area contributed by atoms with E-state index < -0.39 is 0 Å². The van der Waals surface area contributed by atoms with Crippen LogP contribution in [0.5, 0.6) is 0 Å². The fourth-order valence-corrected chi connectivity index (χ4v) is 2.30. The molecule has 17 heavy (non-hydrogen) atoms. The Labute approximate surface area is 114 Å². The van der Waals surface area contributed by atoms with Crippen LogP contribution < -0.4 is 5.32 Å². The van der Waals surface area contributed by atoms with Gasteiger partial charge < -0.3 is 5.32 Å². The van der Waals surface area contributed by atoms with E-state index in [1.54, 1.807) is 0 Å². The number of hydrogen-bond donors (Lipinski definition) is 1. The fourth-order valence-electron chi connectivity index (χ4n) is 1.91. The molecule has 0 aliphatic rings. The first-order chi connectivity index (χ1) is 7.99. The number of nitrogens with zero attached hydrogens (tertiary/aromatic N) is 1. The number of hydrogen-bond acceptors (Lipinski definition) is 2. The van der Waals surface area contributed by atoms with Crippen molar-refractivity contribution < 1.29 is 4.79 Å². The van der Waals surface area contributed by atoms with E-state index in [4.69, 9.17) is 0 Å². The van der Waals surface area contributed by atoms with Gasteiger partial charge in [-0.2, -0.15) is 0 Å². The zero-order valence-corrected chi connectivity index (χ0v) is 13.2. The molecule has 0 aromatic carbocycles. The van der Waals surface area contributed by atoms with E-state index >= 15 is 0 Å². The quantitative estimate of drug-likeness (QED) is 0.525.